The predicted molar refractivity (Wildman–Crippen MR) is 148 cm³/mol. The summed E-state index contributed by atoms with van der Waals surface area (Å²) in [5.74, 6) is -0.461. The lowest BCUT2D eigenvalue weighted by atomic mass is 9.89. The Morgan fingerprint density at radius 3 is 2.41 bits per heavy atom. The van der Waals surface area contributed by atoms with Gasteiger partial charge >= 0.3 is 5.97 Å². The molecule has 0 radical (unpaired) electrons. The Hall–Kier alpha value is -2.73. The number of carbonyl (C=O) groups excluding carboxylic acids is 1. The van der Waals surface area contributed by atoms with E-state index in [-0.39, 0.29) is 23.9 Å². The molecule has 5 atom stereocenters. The smallest absolute Gasteiger partial charge is 0.306 e. The number of hydrogen-bond acceptors (Lipinski definition) is 5. The summed E-state index contributed by atoms with van der Waals surface area (Å²) in [5.41, 5.74) is 3.53. The van der Waals surface area contributed by atoms with Crippen molar-refractivity contribution in [2.75, 3.05) is 0 Å². The van der Waals surface area contributed by atoms with Gasteiger partial charge in [0.1, 0.15) is 0 Å². The van der Waals surface area contributed by atoms with Crippen molar-refractivity contribution in [1.82, 2.24) is 0 Å². The van der Waals surface area contributed by atoms with Crippen molar-refractivity contribution in [2.45, 2.75) is 83.2 Å². The van der Waals surface area contributed by atoms with Gasteiger partial charge in [-0.3, -0.25) is 4.79 Å². The van der Waals surface area contributed by atoms with Crippen LogP contribution in [0.3, 0.4) is 0 Å². The average molecular weight is 507 g/mol. The van der Waals surface area contributed by atoms with E-state index in [1.54, 1.807) is 6.08 Å². The van der Waals surface area contributed by atoms with Gasteiger partial charge in [0.05, 0.1) is 24.4 Å². The third-order valence-electron chi connectivity index (χ3n) is 6.95. The van der Waals surface area contributed by atoms with E-state index in [2.05, 4.69) is 36.4 Å². The molecule has 5 heteroatoms. The van der Waals surface area contributed by atoms with Gasteiger partial charge in [-0.1, -0.05) is 78.9 Å². The first-order valence-electron chi connectivity index (χ1n) is 13.5. The molecule has 0 aromatic heterocycles. The third-order valence-corrected chi connectivity index (χ3v) is 6.95. The number of aryl methyl sites for hydroxylation is 1. The normalized spacial score (nSPS) is 22.8. The van der Waals surface area contributed by atoms with Crippen molar-refractivity contribution in [3.63, 3.8) is 0 Å². The van der Waals surface area contributed by atoms with E-state index in [0.29, 0.717) is 25.7 Å². The van der Waals surface area contributed by atoms with Gasteiger partial charge in [0.25, 0.3) is 0 Å². The van der Waals surface area contributed by atoms with Crippen LogP contribution in [-0.4, -0.2) is 45.7 Å². The maximum atomic E-state index is 11.6. The summed E-state index contributed by atoms with van der Waals surface area (Å²) < 4.78 is 5.14. The summed E-state index contributed by atoms with van der Waals surface area (Å²) in [6.45, 7) is 3.68. The molecule has 1 saturated carbocycles. The second kappa shape index (κ2) is 14.9. The van der Waals surface area contributed by atoms with Crippen LogP contribution in [-0.2, 0) is 16.0 Å². The molecule has 0 amide bonds. The Morgan fingerprint density at radius 1 is 1.00 bits per heavy atom. The first-order valence-corrected chi connectivity index (χ1v) is 13.5. The summed E-state index contributed by atoms with van der Waals surface area (Å²) in [5, 5.41) is 31.5. The van der Waals surface area contributed by atoms with Crippen molar-refractivity contribution in [2.24, 2.45) is 11.8 Å². The van der Waals surface area contributed by atoms with Crippen LogP contribution in [0.25, 0.3) is 11.1 Å². The number of rotatable bonds is 13. The Kier molecular flexibility index (Phi) is 11.6. The highest BCUT2D eigenvalue weighted by atomic mass is 16.5. The second-order valence-corrected chi connectivity index (χ2v) is 10.3. The average Bonchev–Trinajstić information content (AvgIpc) is 3.15. The molecule has 200 valence electrons. The highest BCUT2D eigenvalue weighted by molar-refractivity contribution is 5.69. The number of allylic oxidation sites excluding steroid dienone is 2. The van der Waals surface area contributed by atoms with Crippen molar-refractivity contribution in [3.05, 3.63) is 84.5 Å². The van der Waals surface area contributed by atoms with E-state index >= 15 is 0 Å². The Bertz CT molecular complexity index is 996. The van der Waals surface area contributed by atoms with Crippen LogP contribution in [0.1, 0.15) is 57.9 Å². The number of aliphatic hydroxyl groups excluding tert-OH is 3. The molecule has 3 rings (SSSR count). The van der Waals surface area contributed by atoms with Crippen molar-refractivity contribution >= 4 is 5.97 Å². The largest absolute Gasteiger partial charge is 0.463 e. The highest BCUT2D eigenvalue weighted by Crippen LogP contribution is 2.36. The van der Waals surface area contributed by atoms with Crippen molar-refractivity contribution in [1.29, 1.82) is 0 Å². The van der Waals surface area contributed by atoms with E-state index in [1.165, 1.54) is 16.7 Å². The molecule has 5 nitrogen and oxygen atoms in total. The van der Waals surface area contributed by atoms with Crippen LogP contribution < -0.4 is 0 Å². The molecule has 0 heterocycles. The molecule has 1 aliphatic rings. The zero-order valence-electron chi connectivity index (χ0n) is 22.1. The summed E-state index contributed by atoms with van der Waals surface area (Å²) in [4.78, 5) is 11.6. The maximum absolute atomic E-state index is 11.6. The molecule has 2 aromatic carbocycles. The summed E-state index contributed by atoms with van der Waals surface area (Å²) in [6.07, 6.45) is 10.0. The molecule has 0 aliphatic heterocycles. The Morgan fingerprint density at radius 2 is 1.70 bits per heavy atom. The van der Waals surface area contributed by atoms with Gasteiger partial charge in [0.15, 0.2) is 0 Å². The maximum Gasteiger partial charge on any atom is 0.306 e. The van der Waals surface area contributed by atoms with Gasteiger partial charge in [-0.05, 0) is 68.6 Å². The van der Waals surface area contributed by atoms with Gasteiger partial charge in [-0.2, -0.15) is 0 Å². The zero-order valence-corrected chi connectivity index (χ0v) is 22.1. The van der Waals surface area contributed by atoms with Crippen molar-refractivity contribution < 1.29 is 24.9 Å². The van der Waals surface area contributed by atoms with Gasteiger partial charge in [-0.25, -0.2) is 0 Å². The molecule has 37 heavy (non-hydrogen) atoms. The molecule has 0 saturated heterocycles. The van der Waals surface area contributed by atoms with Gasteiger partial charge < -0.3 is 20.1 Å². The molecule has 2 aromatic rings. The molecule has 1 aliphatic carbocycles. The van der Waals surface area contributed by atoms with E-state index in [0.717, 1.165) is 19.3 Å². The van der Waals surface area contributed by atoms with Gasteiger partial charge in [-0.15, -0.1) is 0 Å². The number of benzene rings is 2. The lowest BCUT2D eigenvalue weighted by Crippen LogP contribution is -2.20. The number of carbonyl (C=O) groups is 1. The fourth-order valence-electron chi connectivity index (χ4n) is 4.93. The molecular formula is C32H42O5. The molecule has 1 fully saturated rings. The van der Waals surface area contributed by atoms with Crippen LogP contribution in [0.4, 0.5) is 0 Å². The van der Waals surface area contributed by atoms with Crippen molar-refractivity contribution in [3.8, 4) is 11.1 Å². The lowest BCUT2D eigenvalue weighted by molar-refractivity contribution is -0.147. The van der Waals surface area contributed by atoms with E-state index in [4.69, 9.17) is 4.74 Å². The van der Waals surface area contributed by atoms with Crippen LogP contribution in [0.5, 0.6) is 0 Å². The third kappa shape index (κ3) is 9.58. The van der Waals surface area contributed by atoms with Gasteiger partial charge in [0, 0.05) is 18.8 Å². The number of aliphatic hydroxyl groups is 3. The standard InChI is InChI=1S/C32H42O5/c1-23(2)37-32(36)13-9-4-3-8-12-28-29(31(35)22-30(28)34)21-20-27(33)19-16-24-14-17-26(18-15-24)25-10-6-5-7-11-25/h3,5-8,10-11,14-15,17-18,20-21,23,27-31,33-35H,4,9,12-13,16,19,22H2,1-2H3/b8-3-,21-20+/t27?,28-,29-,30+,31-/m1/s1. The van der Waals surface area contributed by atoms with E-state index in [1.807, 2.05) is 50.3 Å². The molecular weight excluding hydrogens is 464 g/mol. The number of ether oxygens (including phenoxy) is 1. The Balaban J connectivity index is 1.43. The Labute approximate surface area is 221 Å². The molecule has 0 spiro atoms. The summed E-state index contributed by atoms with van der Waals surface area (Å²) in [7, 11) is 0. The SMILES string of the molecule is CC(C)OC(=O)CCC/C=C\C[C@@H]1[C@@H](/C=C/C(O)CCc2ccc(-c3ccccc3)cc2)[C@H](O)C[C@@H]1O. The summed E-state index contributed by atoms with van der Waals surface area (Å²) in [6, 6.07) is 18.7. The topological polar surface area (TPSA) is 87.0 Å². The minimum atomic E-state index is -0.617. The number of hydrogen-bond donors (Lipinski definition) is 3. The fourth-order valence-corrected chi connectivity index (χ4v) is 4.93. The second-order valence-electron chi connectivity index (χ2n) is 10.3. The molecule has 0 bridgehead atoms. The lowest BCUT2D eigenvalue weighted by Gasteiger charge is -2.19. The number of esters is 1. The minimum absolute atomic E-state index is 0.0895. The zero-order chi connectivity index (χ0) is 26.6. The first kappa shape index (κ1) is 28.8. The van der Waals surface area contributed by atoms with Gasteiger partial charge in [0.2, 0.25) is 0 Å². The predicted octanol–water partition coefficient (Wildman–Crippen LogP) is 5.63. The quantitative estimate of drug-likeness (QED) is 0.186. The van der Waals surface area contributed by atoms with E-state index < -0.39 is 18.3 Å². The van der Waals surface area contributed by atoms with Crippen LogP contribution in [0.2, 0.25) is 0 Å². The summed E-state index contributed by atoms with van der Waals surface area (Å²) >= 11 is 0. The fraction of sp³-hybridized carbons (Fsp3) is 0.469. The van der Waals surface area contributed by atoms with Crippen LogP contribution >= 0.6 is 0 Å². The molecule has 3 N–H and O–H groups in total. The minimum Gasteiger partial charge on any atom is -0.463 e. The first-order chi connectivity index (χ1) is 17.8. The van der Waals surface area contributed by atoms with E-state index in [9.17, 15) is 20.1 Å². The highest BCUT2D eigenvalue weighted by Gasteiger charge is 2.39. The number of unbranched alkanes of at least 4 members (excludes halogenated alkanes) is 1. The monoisotopic (exact) mass is 506 g/mol. The van der Waals surface area contributed by atoms with Crippen LogP contribution in [0.15, 0.2) is 78.9 Å². The van der Waals surface area contributed by atoms with Crippen LogP contribution in [0, 0.1) is 11.8 Å². The molecule has 1 unspecified atom stereocenters.